The van der Waals surface area contributed by atoms with E-state index in [2.05, 4.69) is 21.2 Å². The lowest BCUT2D eigenvalue weighted by Crippen LogP contribution is -2.44. The Morgan fingerprint density at radius 1 is 1.10 bits per heavy atom. The highest BCUT2D eigenvalue weighted by molar-refractivity contribution is 9.10. The molecule has 0 unspecified atom stereocenters. The van der Waals surface area contributed by atoms with E-state index in [1.807, 2.05) is 49.4 Å². The van der Waals surface area contributed by atoms with Gasteiger partial charge in [-0.15, -0.1) is 0 Å². The van der Waals surface area contributed by atoms with Crippen LogP contribution in [0, 0.1) is 17.8 Å². The fraction of sp³-hybridized carbons (Fsp3) is 0.375. The highest BCUT2D eigenvalue weighted by atomic mass is 79.9. The van der Waals surface area contributed by atoms with Gasteiger partial charge in [-0.3, -0.25) is 14.4 Å². The van der Waals surface area contributed by atoms with Gasteiger partial charge in [-0.2, -0.15) is 0 Å². The molecule has 3 atom stereocenters. The lowest BCUT2D eigenvalue weighted by Gasteiger charge is -2.32. The number of hydrogen-bond donors (Lipinski definition) is 1. The number of halogens is 1. The van der Waals surface area contributed by atoms with Crippen molar-refractivity contribution in [2.24, 2.45) is 17.8 Å². The zero-order valence-corrected chi connectivity index (χ0v) is 18.9. The molecule has 0 saturated carbocycles. The summed E-state index contributed by atoms with van der Waals surface area (Å²) in [6.07, 6.45) is 0.502. The molecule has 2 aromatic carbocycles. The van der Waals surface area contributed by atoms with Gasteiger partial charge in [0.25, 0.3) is 0 Å². The minimum absolute atomic E-state index is 0.0813. The van der Waals surface area contributed by atoms with Crippen molar-refractivity contribution in [3.8, 4) is 0 Å². The number of hydrogen-bond acceptors (Lipinski definition) is 4. The molecule has 0 aliphatic carbocycles. The molecule has 0 bridgehead atoms. The molecule has 2 aromatic rings. The maximum absolute atomic E-state index is 13.3. The Morgan fingerprint density at radius 3 is 2.33 bits per heavy atom. The zero-order valence-electron chi connectivity index (χ0n) is 17.4. The van der Waals surface area contributed by atoms with E-state index in [0.29, 0.717) is 18.5 Å². The van der Waals surface area contributed by atoms with Crippen molar-refractivity contribution >= 4 is 33.6 Å². The van der Waals surface area contributed by atoms with E-state index in [1.165, 1.54) is 0 Å². The number of cyclic esters (lactones) is 1. The molecular weight excluding hydrogens is 446 g/mol. The van der Waals surface area contributed by atoms with E-state index < -0.39 is 35.2 Å². The summed E-state index contributed by atoms with van der Waals surface area (Å²) < 4.78 is 6.46. The maximum atomic E-state index is 13.3. The first-order valence-corrected chi connectivity index (χ1v) is 10.9. The highest BCUT2D eigenvalue weighted by Crippen LogP contribution is 2.44. The van der Waals surface area contributed by atoms with Crippen LogP contribution in [0.4, 0.5) is 0 Å². The summed E-state index contributed by atoms with van der Waals surface area (Å²) >= 11 is 3.38. The standard InChI is InChI=1S/C24H26BrNO4/c1-4-18(21(27)16-10-12-17(25)13-11-16)20-19(23(29)30-24(20,2)3)22(28)26-14-15-8-6-5-7-9-15/h5-13,18-20H,4,14H2,1-3H3,(H,26,28)/t18-,19-,20+/m1/s1. The molecule has 30 heavy (non-hydrogen) atoms. The number of carbonyl (C=O) groups is 3. The lowest BCUT2D eigenvalue weighted by molar-refractivity contribution is -0.150. The molecule has 1 fully saturated rings. The predicted molar refractivity (Wildman–Crippen MR) is 118 cm³/mol. The van der Waals surface area contributed by atoms with Crippen LogP contribution in [0.2, 0.25) is 0 Å². The number of nitrogens with one attached hydrogen (secondary N) is 1. The average molecular weight is 472 g/mol. The molecule has 1 aliphatic heterocycles. The van der Waals surface area contributed by atoms with Gasteiger partial charge in [0.05, 0.1) is 0 Å². The Kier molecular flexibility index (Phi) is 6.76. The Morgan fingerprint density at radius 2 is 1.73 bits per heavy atom. The van der Waals surface area contributed by atoms with Gasteiger partial charge in [0.1, 0.15) is 11.5 Å². The van der Waals surface area contributed by atoms with E-state index in [0.717, 1.165) is 10.0 Å². The molecule has 6 heteroatoms. The van der Waals surface area contributed by atoms with Crippen LogP contribution >= 0.6 is 15.9 Å². The minimum Gasteiger partial charge on any atom is -0.459 e. The molecule has 1 aliphatic rings. The van der Waals surface area contributed by atoms with Gasteiger partial charge >= 0.3 is 5.97 Å². The third kappa shape index (κ3) is 4.64. The normalized spacial score (nSPS) is 21.0. The number of carbonyl (C=O) groups excluding carboxylic acids is 3. The third-order valence-electron chi connectivity index (χ3n) is 5.71. The molecule has 1 saturated heterocycles. The van der Waals surface area contributed by atoms with Crippen LogP contribution in [0.5, 0.6) is 0 Å². The Hall–Kier alpha value is -2.47. The van der Waals surface area contributed by atoms with Crippen molar-refractivity contribution < 1.29 is 19.1 Å². The minimum atomic E-state index is -1.02. The third-order valence-corrected chi connectivity index (χ3v) is 6.24. The van der Waals surface area contributed by atoms with Crippen LogP contribution < -0.4 is 5.32 Å². The highest BCUT2D eigenvalue weighted by Gasteiger charge is 2.57. The number of amides is 1. The number of esters is 1. The van der Waals surface area contributed by atoms with Gasteiger partial charge in [-0.25, -0.2) is 0 Å². The largest absolute Gasteiger partial charge is 0.459 e. The van der Waals surface area contributed by atoms with Gasteiger partial charge in [-0.05, 0) is 38.0 Å². The Labute approximate surface area is 185 Å². The van der Waals surface area contributed by atoms with E-state index in [-0.39, 0.29) is 5.78 Å². The first-order valence-electron chi connectivity index (χ1n) is 10.1. The SMILES string of the molecule is CC[C@@H](C(=O)c1ccc(Br)cc1)[C@H]1[C@H](C(=O)NCc2ccccc2)C(=O)OC1(C)C. The van der Waals surface area contributed by atoms with E-state index in [4.69, 9.17) is 4.74 Å². The molecular formula is C24H26BrNO4. The van der Waals surface area contributed by atoms with Gasteiger partial charge < -0.3 is 10.1 Å². The molecule has 3 rings (SSSR count). The van der Waals surface area contributed by atoms with Crippen molar-refractivity contribution in [3.05, 3.63) is 70.2 Å². The monoisotopic (exact) mass is 471 g/mol. The van der Waals surface area contributed by atoms with Crippen LogP contribution in [0.15, 0.2) is 59.1 Å². The second-order valence-corrected chi connectivity index (χ2v) is 9.03. The van der Waals surface area contributed by atoms with Crippen molar-refractivity contribution in [3.63, 3.8) is 0 Å². The first-order chi connectivity index (χ1) is 14.2. The van der Waals surface area contributed by atoms with Crippen LogP contribution in [-0.4, -0.2) is 23.3 Å². The Balaban J connectivity index is 1.85. The van der Waals surface area contributed by atoms with Gasteiger partial charge in [-0.1, -0.05) is 65.3 Å². The Bertz CT molecular complexity index is 924. The average Bonchev–Trinajstić information content (AvgIpc) is 2.96. The van der Waals surface area contributed by atoms with E-state index >= 15 is 0 Å². The quantitative estimate of drug-likeness (QED) is 0.365. The number of benzene rings is 2. The predicted octanol–water partition coefficient (Wildman–Crippen LogP) is 4.54. The summed E-state index contributed by atoms with van der Waals surface area (Å²) in [5.74, 6) is -3.14. The summed E-state index contributed by atoms with van der Waals surface area (Å²) in [5.41, 5.74) is 0.576. The van der Waals surface area contributed by atoms with E-state index in [9.17, 15) is 14.4 Å². The van der Waals surface area contributed by atoms with Crippen LogP contribution in [0.25, 0.3) is 0 Å². The molecule has 1 N–H and O–H groups in total. The van der Waals surface area contributed by atoms with Crippen molar-refractivity contribution in [2.75, 3.05) is 0 Å². The van der Waals surface area contributed by atoms with Gasteiger partial charge in [0.15, 0.2) is 5.78 Å². The number of ether oxygens (including phenoxy) is 1. The summed E-state index contributed by atoms with van der Waals surface area (Å²) in [5, 5.41) is 2.85. The molecule has 5 nitrogen and oxygen atoms in total. The van der Waals surface area contributed by atoms with E-state index in [1.54, 1.807) is 26.0 Å². The van der Waals surface area contributed by atoms with Crippen LogP contribution in [0.1, 0.15) is 43.1 Å². The van der Waals surface area contributed by atoms with Crippen molar-refractivity contribution in [2.45, 2.75) is 39.3 Å². The van der Waals surface area contributed by atoms with Crippen molar-refractivity contribution in [1.82, 2.24) is 5.32 Å². The van der Waals surface area contributed by atoms with Crippen LogP contribution in [0.3, 0.4) is 0 Å². The number of Topliss-reactive ketones (excluding diaryl/α,β-unsaturated/α-hetero) is 1. The van der Waals surface area contributed by atoms with Crippen LogP contribution in [-0.2, 0) is 20.9 Å². The molecule has 1 amide bonds. The molecule has 1 heterocycles. The van der Waals surface area contributed by atoms with Crippen molar-refractivity contribution in [1.29, 1.82) is 0 Å². The number of ketones is 1. The zero-order chi connectivity index (χ0) is 21.9. The van der Waals surface area contributed by atoms with Gasteiger partial charge in [0, 0.05) is 28.4 Å². The summed E-state index contributed by atoms with van der Waals surface area (Å²) in [6.45, 7) is 5.77. The fourth-order valence-corrected chi connectivity index (χ4v) is 4.52. The summed E-state index contributed by atoms with van der Waals surface area (Å²) in [4.78, 5) is 39.0. The summed E-state index contributed by atoms with van der Waals surface area (Å²) in [6, 6.07) is 16.6. The molecule has 158 valence electrons. The second kappa shape index (κ2) is 9.13. The maximum Gasteiger partial charge on any atom is 0.319 e. The topological polar surface area (TPSA) is 72.5 Å². The second-order valence-electron chi connectivity index (χ2n) is 8.12. The summed E-state index contributed by atoms with van der Waals surface area (Å²) in [7, 11) is 0. The molecule has 0 radical (unpaired) electrons. The molecule has 0 aromatic heterocycles. The number of rotatable bonds is 7. The lowest BCUT2D eigenvalue weighted by atomic mass is 9.70. The van der Waals surface area contributed by atoms with Gasteiger partial charge in [0.2, 0.25) is 5.91 Å². The smallest absolute Gasteiger partial charge is 0.319 e. The first kappa shape index (κ1) is 22.2. The fourth-order valence-electron chi connectivity index (χ4n) is 4.25. The molecule has 0 spiro atoms.